The maximum Gasteiger partial charge on any atom is 0.268 e. The predicted molar refractivity (Wildman–Crippen MR) is 32.5 cm³/mol. The van der Waals surface area contributed by atoms with Crippen molar-refractivity contribution in [2.24, 2.45) is 0 Å². The van der Waals surface area contributed by atoms with E-state index in [2.05, 4.69) is 4.98 Å². The minimum Gasteiger partial charge on any atom is -0.302 e. The summed E-state index contributed by atoms with van der Waals surface area (Å²) in [5.74, 6) is -1.93. The molecular weight excluding hydrogens is 138 g/mol. The molecule has 0 bridgehead atoms. The normalized spacial score (nSPS) is 10.9. The lowest BCUT2D eigenvalue weighted by atomic mass is 10.4. The Morgan fingerprint density at radius 1 is 1.50 bits per heavy atom. The molecule has 1 rings (SSSR count). The summed E-state index contributed by atoms with van der Waals surface area (Å²) in [6.45, 7) is 3.51. The summed E-state index contributed by atoms with van der Waals surface area (Å²) < 4.78 is 25.9. The lowest BCUT2D eigenvalue weighted by molar-refractivity contribution is 0.410. The number of rotatable bonds is 1. The zero-order chi connectivity index (χ0) is 7.72. The molecule has 0 unspecified atom stereocenters. The van der Waals surface area contributed by atoms with Gasteiger partial charge in [-0.1, -0.05) is 0 Å². The molecule has 0 saturated heterocycles. The van der Waals surface area contributed by atoms with Crippen LogP contribution in [0.3, 0.4) is 0 Å². The summed E-state index contributed by atoms with van der Waals surface area (Å²) in [6.07, 6.45) is 1.15. The third kappa shape index (κ3) is 1.01. The van der Waals surface area contributed by atoms with Crippen LogP contribution in [-0.4, -0.2) is 9.55 Å². The van der Waals surface area contributed by atoms with E-state index in [1.165, 1.54) is 0 Å². The minimum atomic E-state index is -1.03. The van der Waals surface area contributed by atoms with Crippen molar-refractivity contribution in [2.45, 2.75) is 19.9 Å². The molecule has 1 aromatic rings. The smallest absolute Gasteiger partial charge is 0.268 e. The second kappa shape index (κ2) is 2.36. The molecule has 0 saturated carbocycles. The van der Waals surface area contributed by atoms with Gasteiger partial charge in [0.05, 0.1) is 0 Å². The first-order valence-corrected chi connectivity index (χ1v) is 3.00. The minimum absolute atomic E-state index is 0.0861. The molecule has 4 heteroatoms. The maximum absolute atomic E-state index is 12.5. The molecule has 0 spiro atoms. The van der Waals surface area contributed by atoms with Crippen molar-refractivity contribution >= 4 is 0 Å². The van der Waals surface area contributed by atoms with Gasteiger partial charge in [0, 0.05) is 6.04 Å². The van der Waals surface area contributed by atoms with Gasteiger partial charge in [-0.05, 0) is 13.8 Å². The van der Waals surface area contributed by atoms with Gasteiger partial charge >= 0.3 is 0 Å². The van der Waals surface area contributed by atoms with E-state index in [1.54, 1.807) is 13.8 Å². The van der Waals surface area contributed by atoms with Crippen LogP contribution in [0.15, 0.2) is 6.33 Å². The fourth-order valence-corrected chi connectivity index (χ4v) is 0.683. The molecule has 0 amide bonds. The van der Waals surface area contributed by atoms with Crippen molar-refractivity contribution in [3.63, 3.8) is 0 Å². The topological polar surface area (TPSA) is 17.8 Å². The second-order valence-electron chi connectivity index (χ2n) is 2.33. The van der Waals surface area contributed by atoms with Crippen LogP contribution in [0.1, 0.15) is 19.9 Å². The molecular formula is C6H8F2N2. The third-order valence-electron chi connectivity index (χ3n) is 1.25. The van der Waals surface area contributed by atoms with Crippen LogP contribution in [-0.2, 0) is 0 Å². The van der Waals surface area contributed by atoms with Crippen LogP contribution >= 0.6 is 0 Å². The highest BCUT2D eigenvalue weighted by molar-refractivity contribution is 4.85. The Morgan fingerprint density at radius 2 is 2.10 bits per heavy atom. The van der Waals surface area contributed by atoms with Gasteiger partial charge in [0.2, 0.25) is 0 Å². The molecule has 0 aliphatic carbocycles. The summed E-state index contributed by atoms with van der Waals surface area (Å²) in [5, 5.41) is 0. The van der Waals surface area contributed by atoms with Gasteiger partial charge in [-0.15, -0.1) is 0 Å². The highest BCUT2D eigenvalue weighted by atomic mass is 19.2. The first-order valence-electron chi connectivity index (χ1n) is 3.00. The molecule has 56 valence electrons. The van der Waals surface area contributed by atoms with E-state index >= 15 is 0 Å². The fraction of sp³-hybridized carbons (Fsp3) is 0.500. The third-order valence-corrected chi connectivity index (χ3v) is 1.25. The van der Waals surface area contributed by atoms with Crippen LogP contribution in [0, 0.1) is 11.9 Å². The summed E-state index contributed by atoms with van der Waals surface area (Å²) in [7, 11) is 0. The number of hydrogen-bond donors (Lipinski definition) is 0. The van der Waals surface area contributed by atoms with E-state index in [0.717, 1.165) is 10.9 Å². The molecule has 0 radical (unpaired) electrons. The van der Waals surface area contributed by atoms with E-state index in [4.69, 9.17) is 0 Å². The standard InChI is InChI=1S/C6H8F2N2/c1-4(2)10-3-9-5(7)6(10)8/h3-4H,1-2H3. The average molecular weight is 146 g/mol. The predicted octanol–water partition coefficient (Wildman–Crippen LogP) is 1.74. The average Bonchev–Trinajstić information content (AvgIpc) is 2.14. The Hall–Kier alpha value is -0.930. The number of hydrogen-bond acceptors (Lipinski definition) is 1. The van der Waals surface area contributed by atoms with Crippen molar-refractivity contribution < 1.29 is 8.78 Å². The molecule has 0 N–H and O–H groups in total. The van der Waals surface area contributed by atoms with Crippen LogP contribution < -0.4 is 0 Å². The van der Waals surface area contributed by atoms with Crippen LogP contribution in [0.4, 0.5) is 8.78 Å². The van der Waals surface area contributed by atoms with Crippen LogP contribution in [0.5, 0.6) is 0 Å². The lowest BCUT2D eigenvalue weighted by Crippen LogP contribution is -2.02. The van der Waals surface area contributed by atoms with Gasteiger partial charge in [0.15, 0.2) is 0 Å². The van der Waals surface area contributed by atoms with E-state index < -0.39 is 11.9 Å². The Balaban J connectivity index is 3.05. The zero-order valence-corrected chi connectivity index (χ0v) is 5.81. The van der Waals surface area contributed by atoms with Crippen LogP contribution in [0.2, 0.25) is 0 Å². The largest absolute Gasteiger partial charge is 0.302 e. The second-order valence-corrected chi connectivity index (χ2v) is 2.33. The summed E-state index contributed by atoms with van der Waals surface area (Å²) in [5.41, 5.74) is 0. The van der Waals surface area contributed by atoms with Gasteiger partial charge in [0.1, 0.15) is 6.33 Å². The Labute approximate surface area is 57.5 Å². The van der Waals surface area contributed by atoms with Gasteiger partial charge in [-0.3, -0.25) is 0 Å². The van der Waals surface area contributed by atoms with Crippen molar-refractivity contribution in [3.8, 4) is 0 Å². The van der Waals surface area contributed by atoms with E-state index in [0.29, 0.717) is 0 Å². The number of halogens is 2. The number of aromatic nitrogens is 2. The van der Waals surface area contributed by atoms with Gasteiger partial charge in [-0.25, -0.2) is 4.98 Å². The maximum atomic E-state index is 12.5. The zero-order valence-electron chi connectivity index (χ0n) is 5.81. The molecule has 0 aliphatic heterocycles. The van der Waals surface area contributed by atoms with Crippen molar-refractivity contribution in [1.29, 1.82) is 0 Å². The summed E-state index contributed by atoms with van der Waals surface area (Å²) in [4.78, 5) is 3.16. The van der Waals surface area contributed by atoms with E-state index in [1.807, 2.05) is 0 Å². The molecule has 2 nitrogen and oxygen atoms in total. The lowest BCUT2D eigenvalue weighted by Gasteiger charge is -2.04. The molecule has 1 heterocycles. The molecule has 1 aromatic heterocycles. The van der Waals surface area contributed by atoms with Gasteiger partial charge < -0.3 is 4.57 Å². The summed E-state index contributed by atoms with van der Waals surface area (Å²) in [6, 6.07) is -0.0861. The molecule has 0 aromatic carbocycles. The first kappa shape index (κ1) is 7.18. The summed E-state index contributed by atoms with van der Waals surface area (Å²) >= 11 is 0. The van der Waals surface area contributed by atoms with Crippen LogP contribution in [0.25, 0.3) is 0 Å². The first-order chi connectivity index (χ1) is 4.63. The Morgan fingerprint density at radius 3 is 2.30 bits per heavy atom. The van der Waals surface area contributed by atoms with E-state index in [9.17, 15) is 8.78 Å². The molecule has 0 aliphatic rings. The number of nitrogens with zero attached hydrogens (tertiary/aromatic N) is 2. The molecule has 0 fully saturated rings. The Bertz CT molecular complexity index is 230. The quantitative estimate of drug-likeness (QED) is 0.590. The molecule has 10 heavy (non-hydrogen) atoms. The van der Waals surface area contributed by atoms with Gasteiger partial charge in [-0.2, -0.15) is 8.78 Å². The molecule has 0 atom stereocenters. The monoisotopic (exact) mass is 146 g/mol. The van der Waals surface area contributed by atoms with Gasteiger partial charge in [0.25, 0.3) is 11.9 Å². The number of imidazole rings is 1. The van der Waals surface area contributed by atoms with Crippen molar-refractivity contribution in [3.05, 3.63) is 18.2 Å². The van der Waals surface area contributed by atoms with Crippen molar-refractivity contribution in [1.82, 2.24) is 9.55 Å². The van der Waals surface area contributed by atoms with Crippen molar-refractivity contribution in [2.75, 3.05) is 0 Å². The highest BCUT2D eigenvalue weighted by Crippen LogP contribution is 2.09. The highest BCUT2D eigenvalue weighted by Gasteiger charge is 2.10. The Kier molecular flexibility index (Phi) is 1.70. The van der Waals surface area contributed by atoms with E-state index in [-0.39, 0.29) is 6.04 Å². The SMILES string of the molecule is CC(C)n1cnc(F)c1F. The fourth-order valence-electron chi connectivity index (χ4n) is 0.683.